The maximum absolute atomic E-state index is 5.46. The summed E-state index contributed by atoms with van der Waals surface area (Å²) in [7, 11) is 0. The van der Waals surface area contributed by atoms with E-state index in [0.29, 0.717) is 6.54 Å². The van der Waals surface area contributed by atoms with Gasteiger partial charge in [0.05, 0.1) is 19.8 Å². The molecule has 7 heteroatoms. The first-order chi connectivity index (χ1) is 14.6. The molecule has 0 spiro atoms. The molecule has 1 aromatic rings. The molecule has 0 saturated carbocycles. The average molecular weight is 544 g/mol. The fourth-order valence-electron chi connectivity index (χ4n) is 4.27. The summed E-state index contributed by atoms with van der Waals surface area (Å²) in [5, 5.41) is 6.99. The minimum Gasteiger partial charge on any atom is -0.379 e. The third-order valence-electron chi connectivity index (χ3n) is 6.17. The smallest absolute Gasteiger partial charge is 0.191 e. The van der Waals surface area contributed by atoms with Crippen molar-refractivity contribution in [3.05, 3.63) is 35.4 Å². The van der Waals surface area contributed by atoms with E-state index in [1.165, 1.54) is 43.5 Å². The molecule has 0 atom stereocenters. The van der Waals surface area contributed by atoms with Crippen LogP contribution in [0.1, 0.15) is 51.2 Å². The van der Waals surface area contributed by atoms with E-state index in [2.05, 4.69) is 65.5 Å². The van der Waals surface area contributed by atoms with Crippen molar-refractivity contribution < 1.29 is 4.74 Å². The second-order valence-corrected chi connectivity index (χ2v) is 9.12. The molecule has 0 bridgehead atoms. The molecule has 6 nitrogen and oxygen atoms in total. The van der Waals surface area contributed by atoms with E-state index in [-0.39, 0.29) is 29.5 Å². The summed E-state index contributed by atoms with van der Waals surface area (Å²) in [4.78, 5) is 9.93. The molecule has 1 aromatic carbocycles. The van der Waals surface area contributed by atoms with Gasteiger partial charge in [-0.1, -0.05) is 30.7 Å². The first-order valence-corrected chi connectivity index (χ1v) is 11.7. The number of hydrogen-bond donors (Lipinski definition) is 2. The van der Waals surface area contributed by atoms with Gasteiger partial charge in [-0.25, -0.2) is 4.99 Å². The number of nitrogens with one attached hydrogen (secondary N) is 2. The van der Waals surface area contributed by atoms with Crippen molar-refractivity contribution in [1.29, 1.82) is 0 Å². The van der Waals surface area contributed by atoms with E-state index in [1.807, 2.05) is 0 Å². The number of rotatable bonds is 8. The lowest BCUT2D eigenvalue weighted by Gasteiger charge is -2.41. The van der Waals surface area contributed by atoms with Gasteiger partial charge in [-0.15, -0.1) is 24.0 Å². The molecule has 2 aliphatic heterocycles. The van der Waals surface area contributed by atoms with Crippen LogP contribution >= 0.6 is 24.0 Å². The van der Waals surface area contributed by atoms with Crippen molar-refractivity contribution in [3.8, 4) is 0 Å². The number of aliphatic imine (C=N–C) groups is 1. The van der Waals surface area contributed by atoms with Crippen LogP contribution in [0.25, 0.3) is 0 Å². The van der Waals surface area contributed by atoms with Crippen LogP contribution in [0.3, 0.4) is 0 Å². The molecular formula is C24H42IN5O. The minimum atomic E-state index is 0. The predicted octanol–water partition coefficient (Wildman–Crippen LogP) is 3.46. The number of benzene rings is 1. The topological polar surface area (TPSA) is 52.1 Å². The van der Waals surface area contributed by atoms with Gasteiger partial charge in [0.15, 0.2) is 5.96 Å². The second kappa shape index (κ2) is 13.6. The van der Waals surface area contributed by atoms with Crippen LogP contribution in [0.2, 0.25) is 0 Å². The average Bonchev–Trinajstić information content (AvgIpc) is 2.77. The highest BCUT2D eigenvalue weighted by molar-refractivity contribution is 14.0. The zero-order valence-corrected chi connectivity index (χ0v) is 22.0. The van der Waals surface area contributed by atoms with Crippen LogP contribution in [-0.4, -0.2) is 73.8 Å². The number of likely N-dealkylation sites (tertiary alicyclic amines) is 1. The zero-order chi connectivity index (χ0) is 21.2. The maximum atomic E-state index is 5.46. The highest BCUT2D eigenvalue weighted by Gasteiger charge is 2.27. The summed E-state index contributed by atoms with van der Waals surface area (Å²) in [6, 6.07) is 8.83. The van der Waals surface area contributed by atoms with Gasteiger partial charge >= 0.3 is 0 Å². The Kier molecular flexibility index (Phi) is 11.6. The first kappa shape index (κ1) is 26.4. The Labute approximate surface area is 206 Å². The lowest BCUT2D eigenvalue weighted by molar-refractivity contribution is 0.0342. The van der Waals surface area contributed by atoms with Gasteiger partial charge in [-0.3, -0.25) is 9.80 Å². The van der Waals surface area contributed by atoms with Crippen molar-refractivity contribution in [2.24, 2.45) is 4.99 Å². The Hall–Kier alpha value is -0.900. The lowest BCUT2D eigenvalue weighted by Crippen LogP contribution is -2.54. The number of morpholine rings is 1. The third kappa shape index (κ3) is 8.86. The zero-order valence-electron chi connectivity index (χ0n) is 19.7. The molecule has 0 aliphatic carbocycles. The molecule has 0 aromatic heterocycles. The van der Waals surface area contributed by atoms with Gasteiger partial charge in [-0.2, -0.15) is 0 Å². The predicted molar refractivity (Wildman–Crippen MR) is 140 cm³/mol. The van der Waals surface area contributed by atoms with Crippen LogP contribution in [0, 0.1) is 0 Å². The van der Waals surface area contributed by atoms with E-state index in [1.54, 1.807) is 0 Å². The summed E-state index contributed by atoms with van der Waals surface area (Å²) in [6.45, 7) is 16.4. The van der Waals surface area contributed by atoms with E-state index >= 15 is 0 Å². The summed E-state index contributed by atoms with van der Waals surface area (Å²) >= 11 is 0. The Balaban J connectivity index is 0.00000341. The fourth-order valence-corrected chi connectivity index (χ4v) is 4.27. The molecule has 0 radical (unpaired) electrons. The number of halogens is 1. The van der Waals surface area contributed by atoms with Crippen molar-refractivity contribution >= 4 is 29.9 Å². The van der Waals surface area contributed by atoms with Crippen molar-refractivity contribution in [1.82, 2.24) is 20.4 Å². The molecule has 2 saturated heterocycles. The van der Waals surface area contributed by atoms with Gasteiger partial charge in [0.2, 0.25) is 0 Å². The van der Waals surface area contributed by atoms with Crippen LogP contribution in [-0.2, 0) is 17.8 Å². The van der Waals surface area contributed by atoms with Gasteiger partial charge < -0.3 is 15.4 Å². The fraction of sp³-hybridized carbons (Fsp3) is 0.708. The van der Waals surface area contributed by atoms with Crippen molar-refractivity contribution in [3.63, 3.8) is 0 Å². The molecule has 2 heterocycles. The van der Waals surface area contributed by atoms with E-state index in [4.69, 9.17) is 9.73 Å². The Bertz CT molecular complexity index is 670. The van der Waals surface area contributed by atoms with E-state index in [0.717, 1.165) is 51.9 Å². The normalized spacial score (nSPS) is 19.0. The Morgan fingerprint density at radius 1 is 1.03 bits per heavy atom. The Morgan fingerprint density at radius 2 is 1.74 bits per heavy atom. The molecule has 0 amide bonds. The third-order valence-corrected chi connectivity index (χ3v) is 6.17. The molecule has 0 unspecified atom stereocenters. The highest BCUT2D eigenvalue weighted by Crippen LogP contribution is 2.19. The van der Waals surface area contributed by atoms with Gasteiger partial charge in [0, 0.05) is 38.3 Å². The quantitative estimate of drug-likeness (QED) is 0.299. The second-order valence-electron chi connectivity index (χ2n) is 9.12. The largest absolute Gasteiger partial charge is 0.379 e. The van der Waals surface area contributed by atoms with Crippen LogP contribution in [0.15, 0.2) is 29.3 Å². The molecule has 2 N–H and O–H groups in total. The number of guanidine groups is 1. The summed E-state index contributed by atoms with van der Waals surface area (Å²) in [5.74, 6) is 0.904. The Morgan fingerprint density at radius 3 is 2.45 bits per heavy atom. The van der Waals surface area contributed by atoms with Crippen LogP contribution in [0.4, 0.5) is 0 Å². The molecule has 31 heavy (non-hydrogen) atoms. The monoisotopic (exact) mass is 543 g/mol. The van der Waals surface area contributed by atoms with E-state index in [9.17, 15) is 0 Å². The summed E-state index contributed by atoms with van der Waals surface area (Å²) in [5.41, 5.74) is 2.75. The molecule has 3 rings (SSSR count). The molecule has 2 aliphatic rings. The van der Waals surface area contributed by atoms with Gasteiger partial charge in [0.1, 0.15) is 0 Å². The standard InChI is InChI=1S/C24H41N5O.HI/c1-4-25-23(27-20-24(2,3)29-11-6-5-7-12-29)26-18-21-9-8-10-22(17-21)19-28-13-15-30-16-14-28;/h8-10,17H,4-7,11-16,18-20H2,1-3H3,(H2,25,26,27);1H. The minimum absolute atomic E-state index is 0. The van der Waals surface area contributed by atoms with Crippen LogP contribution < -0.4 is 10.6 Å². The van der Waals surface area contributed by atoms with Crippen molar-refractivity contribution in [2.75, 3.05) is 52.5 Å². The molecule has 176 valence electrons. The van der Waals surface area contributed by atoms with Crippen molar-refractivity contribution in [2.45, 2.75) is 58.7 Å². The highest BCUT2D eigenvalue weighted by atomic mass is 127. The summed E-state index contributed by atoms with van der Waals surface area (Å²) in [6.07, 6.45) is 4.01. The maximum Gasteiger partial charge on any atom is 0.191 e. The van der Waals surface area contributed by atoms with Gasteiger partial charge in [0.25, 0.3) is 0 Å². The number of hydrogen-bond acceptors (Lipinski definition) is 4. The van der Waals surface area contributed by atoms with Crippen LogP contribution in [0.5, 0.6) is 0 Å². The van der Waals surface area contributed by atoms with E-state index < -0.39 is 0 Å². The lowest BCUT2D eigenvalue weighted by atomic mass is 9.98. The SMILES string of the molecule is CCNC(=NCc1cccc(CN2CCOCC2)c1)NCC(C)(C)N1CCCCC1.I. The molecular weight excluding hydrogens is 501 g/mol. The number of nitrogens with zero attached hydrogens (tertiary/aromatic N) is 3. The van der Waals surface area contributed by atoms with Gasteiger partial charge in [-0.05, 0) is 57.8 Å². The molecule has 2 fully saturated rings. The number of ether oxygens (including phenoxy) is 1. The summed E-state index contributed by atoms with van der Waals surface area (Å²) < 4.78 is 5.46. The first-order valence-electron chi connectivity index (χ1n) is 11.7. The number of piperidine rings is 1.